The minimum absolute atomic E-state index is 0.0833. The molecule has 0 aromatic heterocycles. The predicted octanol–water partition coefficient (Wildman–Crippen LogP) is 3.80. The van der Waals surface area contributed by atoms with Gasteiger partial charge in [0.25, 0.3) is 0 Å². The molecule has 0 saturated carbocycles. The molecule has 0 saturated heterocycles. The summed E-state index contributed by atoms with van der Waals surface area (Å²) < 4.78 is 1.10. The van der Waals surface area contributed by atoms with Gasteiger partial charge in [0.05, 0.1) is 0 Å². The lowest BCUT2D eigenvalue weighted by atomic mass is 9.81. The average Bonchev–Trinajstić information content (AvgIpc) is 2.06. The van der Waals surface area contributed by atoms with Crippen molar-refractivity contribution in [1.29, 1.82) is 0 Å². The number of rotatable bonds is 1. The molecule has 0 heterocycles. The Kier molecular flexibility index (Phi) is 3.38. The van der Waals surface area contributed by atoms with Crippen LogP contribution in [0.15, 0.2) is 22.7 Å². The molecule has 0 radical (unpaired) electrons. The van der Waals surface area contributed by atoms with Gasteiger partial charge in [-0.15, -0.1) is 0 Å². The zero-order chi connectivity index (χ0) is 10.9. The molecule has 14 heavy (non-hydrogen) atoms. The Morgan fingerprint density at radius 2 is 1.86 bits per heavy atom. The summed E-state index contributed by atoms with van der Waals surface area (Å²) in [5, 5.41) is 0. The number of halogens is 1. The Hall–Kier alpha value is -0.340. The summed E-state index contributed by atoms with van der Waals surface area (Å²) in [4.78, 5) is 0. The summed E-state index contributed by atoms with van der Waals surface area (Å²) in [7, 11) is 0. The standard InChI is InChI=1S/C12H18BrN/c1-8-5-6-9(13)7-10(8)11(14)12(2,3)4/h5-7,11H,14H2,1-4H3/t11-/m1/s1. The third-order valence-electron chi connectivity index (χ3n) is 2.51. The highest BCUT2D eigenvalue weighted by molar-refractivity contribution is 9.10. The van der Waals surface area contributed by atoms with Gasteiger partial charge in [-0.3, -0.25) is 0 Å². The topological polar surface area (TPSA) is 26.0 Å². The molecule has 0 amide bonds. The van der Waals surface area contributed by atoms with Gasteiger partial charge in [-0.2, -0.15) is 0 Å². The van der Waals surface area contributed by atoms with Crippen molar-refractivity contribution < 1.29 is 0 Å². The first-order valence-electron chi connectivity index (χ1n) is 4.84. The summed E-state index contributed by atoms with van der Waals surface area (Å²) in [5.74, 6) is 0. The van der Waals surface area contributed by atoms with E-state index in [0.717, 1.165) is 4.47 Å². The number of benzene rings is 1. The third-order valence-corrected chi connectivity index (χ3v) is 3.00. The average molecular weight is 256 g/mol. The molecule has 0 aliphatic heterocycles. The molecule has 1 nitrogen and oxygen atoms in total. The molecule has 1 aromatic rings. The molecule has 0 aliphatic carbocycles. The first-order chi connectivity index (χ1) is 6.32. The van der Waals surface area contributed by atoms with Crippen LogP contribution in [0.4, 0.5) is 0 Å². The van der Waals surface area contributed by atoms with E-state index in [4.69, 9.17) is 5.73 Å². The first kappa shape index (κ1) is 11.7. The van der Waals surface area contributed by atoms with E-state index in [1.54, 1.807) is 0 Å². The third kappa shape index (κ3) is 2.58. The summed E-state index contributed by atoms with van der Waals surface area (Å²) in [5.41, 5.74) is 8.81. The Morgan fingerprint density at radius 3 is 2.36 bits per heavy atom. The van der Waals surface area contributed by atoms with Crippen LogP contribution in [0.1, 0.15) is 37.9 Å². The van der Waals surface area contributed by atoms with E-state index in [9.17, 15) is 0 Å². The number of nitrogens with two attached hydrogens (primary N) is 1. The van der Waals surface area contributed by atoms with Crippen molar-refractivity contribution in [2.45, 2.75) is 33.7 Å². The van der Waals surface area contributed by atoms with E-state index in [1.807, 2.05) is 6.07 Å². The van der Waals surface area contributed by atoms with Crippen molar-refractivity contribution in [3.05, 3.63) is 33.8 Å². The van der Waals surface area contributed by atoms with E-state index in [1.165, 1.54) is 11.1 Å². The highest BCUT2D eigenvalue weighted by Crippen LogP contribution is 2.33. The van der Waals surface area contributed by atoms with E-state index >= 15 is 0 Å². The molecule has 0 aliphatic rings. The SMILES string of the molecule is Cc1ccc(Br)cc1[C@@H](N)C(C)(C)C. The largest absolute Gasteiger partial charge is 0.324 e. The van der Waals surface area contributed by atoms with Gasteiger partial charge in [0.2, 0.25) is 0 Å². The minimum Gasteiger partial charge on any atom is -0.324 e. The quantitative estimate of drug-likeness (QED) is 0.812. The Bertz CT molecular complexity index is 326. The van der Waals surface area contributed by atoms with Gasteiger partial charge in [0.15, 0.2) is 0 Å². The summed E-state index contributed by atoms with van der Waals surface area (Å²) in [6, 6.07) is 6.35. The fraction of sp³-hybridized carbons (Fsp3) is 0.500. The molecule has 0 fully saturated rings. The summed E-state index contributed by atoms with van der Waals surface area (Å²) in [6.45, 7) is 8.60. The molecule has 2 N–H and O–H groups in total. The van der Waals surface area contributed by atoms with Gasteiger partial charge in [0, 0.05) is 10.5 Å². The van der Waals surface area contributed by atoms with Crippen LogP contribution < -0.4 is 5.73 Å². The van der Waals surface area contributed by atoms with Gasteiger partial charge in [0.1, 0.15) is 0 Å². The summed E-state index contributed by atoms with van der Waals surface area (Å²) >= 11 is 3.48. The fourth-order valence-electron chi connectivity index (χ4n) is 1.41. The van der Waals surface area contributed by atoms with Crippen LogP contribution in [-0.4, -0.2) is 0 Å². The molecular weight excluding hydrogens is 238 g/mol. The maximum atomic E-state index is 6.22. The van der Waals surface area contributed by atoms with E-state index in [2.05, 4.69) is 55.8 Å². The minimum atomic E-state index is 0.0833. The molecule has 78 valence electrons. The normalized spacial score (nSPS) is 14.1. The molecule has 0 unspecified atom stereocenters. The van der Waals surface area contributed by atoms with Gasteiger partial charge >= 0.3 is 0 Å². The Morgan fingerprint density at radius 1 is 1.29 bits per heavy atom. The van der Waals surface area contributed by atoms with Crippen molar-refractivity contribution >= 4 is 15.9 Å². The second kappa shape index (κ2) is 4.03. The van der Waals surface area contributed by atoms with E-state index < -0.39 is 0 Å². The lowest BCUT2D eigenvalue weighted by molar-refractivity contribution is 0.326. The van der Waals surface area contributed by atoms with Crippen LogP contribution in [0, 0.1) is 12.3 Å². The van der Waals surface area contributed by atoms with Crippen molar-refractivity contribution in [3.63, 3.8) is 0 Å². The van der Waals surface area contributed by atoms with Crippen molar-refractivity contribution in [2.75, 3.05) is 0 Å². The highest BCUT2D eigenvalue weighted by Gasteiger charge is 2.23. The summed E-state index contributed by atoms with van der Waals surface area (Å²) in [6.07, 6.45) is 0. The highest BCUT2D eigenvalue weighted by atomic mass is 79.9. The second-order valence-electron chi connectivity index (χ2n) is 4.84. The monoisotopic (exact) mass is 255 g/mol. The molecule has 0 spiro atoms. The van der Waals surface area contributed by atoms with Gasteiger partial charge in [-0.1, -0.05) is 42.8 Å². The maximum Gasteiger partial charge on any atom is 0.0347 e. The number of hydrogen-bond acceptors (Lipinski definition) is 1. The molecular formula is C12H18BrN. The smallest absolute Gasteiger partial charge is 0.0347 e. The van der Waals surface area contributed by atoms with Crippen LogP contribution >= 0.6 is 15.9 Å². The maximum absolute atomic E-state index is 6.22. The van der Waals surface area contributed by atoms with Crippen molar-refractivity contribution in [3.8, 4) is 0 Å². The first-order valence-corrected chi connectivity index (χ1v) is 5.63. The van der Waals surface area contributed by atoms with Gasteiger partial charge in [-0.25, -0.2) is 0 Å². The second-order valence-corrected chi connectivity index (χ2v) is 5.76. The van der Waals surface area contributed by atoms with Crippen LogP contribution in [0.3, 0.4) is 0 Å². The van der Waals surface area contributed by atoms with Crippen molar-refractivity contribution in [2.24, 2.45) is 11.1 Å². The van der Waals surface area contributed by atoms with Gasteiger partial charge < -0.3 is 5.73 Å². The molecule has 1 atom stereocenters. The molecule has 2 heteroatoms. The van der Waals surface area contributed by atoms with Crippen LogP contribution in [0.5, 0.6) is 0 Å². The van der Waals surface area contributed by atoms with E-state index in [-0.39, 0.29) is 11.5 Å². The zero-order valence-electron chi connectivity index (χ0n) is 9.26. The number of hydrogen-bond donors (Lipinski definition) is 1. The molecule has 1 aromatic carbocycles. The Labute approximate surface area is 94.8 Å². The Balaban J connectivity index is 3.12. The lowest BCUT2D eigenvalue weighted by Crippen LogP contribution is -2.26. The molecule has 1 rings (SSSR count). The van der Waals surface area contributed by atoms with Crippen LogP contribution in [-0.2, 0) is 0 Å². The van der Waals surface area contributed by atoms with Crippen LogP contribution in [0.25, 0.3) is 0 Å². The fourth-order valence-corrected chi connectivity index (χ4v) is 1.79. The molecule has 0 bridgehead atoms. The van der Waals surface area contributed by atoms with E-state index in [0.29, 0.717) is 0 Å². The van der Waals surface area contributed by atoms with Crippen molar-refractivity contribution in [1.82, 2.24) is 0 Å². The van der Waals surface area contributed by atoms with Gasteiger partial charge in [-0.05, 0) is 35.6 Å². The zero-order valence-corrected chi connectivity index (χ0v) is 10.9. The lowest BCUT2D eigenvalue weighted by Gasteiger charge is -2.28. The predicted molar refractivity (Wildman–Crippen MR) is 65.3 cm³/mol. The van der Waals surface area contributed by atoms with Crippen LogP contribution in [0.2, 0.25) is 0 Å². The number of aryl methyl sites for hydroxylation is 1.